The van der Waals surface area contributed by atoms with Gasteiger partial charge in [-0.3, -0.25) is 0 Å². The van der Waals surface area contributed by atoms with Crippen LogP contribution in [0.4, 0.5) is 11.4 Å². The van der Waals surface area contributed by atoms with Gasteiger partial charge in [-0.25, -0.2) is 0 Å². The number of benzene rings is 1. The fraction of sp³-hybridized carbons (Fsp3) is 0.400. The van der Waals surface area contributed by atoms with Gasteiger partial charge in [-0.15, -0.1) is 0 Å². The zero-order valence-electron chi connectivity index (χ0n) is 7.60. The maximum absolute atomic E-state index is 3.49. The second-order valence-electron chi connectivity index (χ2n) is 3.32. The average Bonchev–Trinajstić information content (AvgIpc) is 2.17. The predicted octanol–water partition coefficient (Wildman–Crippen LogP) is 3.07. The van der Waals surface area contributed by atoms with Gasteiger partial charge in [0.25, 0.3) is 0 Å². The highest BCUT2D eigenvalue weighted by atomic mass is 79.9. The molecule has 1 aliphatic heterocycles. The maximum atomic E-state index is 3.49. The summed E-state index contributed by atoms with van der Waals surface area (Å²) in [5.74, 6) is 0. The van der Waals surface area contributed by atoms with Crippen molar-refractivity contribution in [3.63, 3.8) is 0 Å². The van der Waals surface area contributed by atoms with Crippen LogP contribution in [-0.2, 0) is 0 Å². The minimum Gasteiger partial charge on any atom is -0.381 e. The zero-order valence-corrected chi connectivity index (χ0v) is 9.19. The van der Waals surface area contributed by atoms with E-state index in [1.165, 1.54) is 11.4 Å². The summed E-state index contributed by atoms with van der Waals surface area (Å²) in [6.07, 6.45) is 1.16. The summed E-state index contributed by atoms with van der Waals surface area (Å²) in [4.78, 5) is 0. The van der Waals surface area contributed by atoms with Crippen LogP contribution in [-0.4, -0.2) is 12.6 Å². The smallest absolute Gasteiger partial charge is 0.0588 e. The highest BCUT2D eigenvalue weighted by Crippen LogP contribution is 2.29. The molecule has 0 saturated heterocycles. The molecular weight excluding hydrogens is 228 g/mol. The molecule has 1 atom stereocenters. The van der Waals surface area contributed by atoms with E-state index in [4.69, 9.17) is 0 Å². The van der Waals surface area contributed by atoms with Gasteiger partial charge in [-0.2, -0.15) is 0 Å². The minimum atomic E-state index is 0.564. The molecule has 2 rings (SSSR count). The van der Waals surface area contributed by atoms with Crippen LogP contribution in [0.1, 0.15) is 13.3 Å². The van der Waals surface area contributed by atoms with Crippen molar-refractivity contribution >= 4 is 27.3 Å². The highest BCUT2D eigenvalue weighted by molar-refractivity contribution is 9.10. The van der Waals surface area contributed by atoms with Gasteiger partial charge < -0.3 is 10.6 Å². The van der Waals surface area contributed by atoms with Crippen molar-refractivity contribution in [1.82, 2.24) is 0 Å². The topological polar surface area (TPSA) is 24.1 Å². The van der Waals surface area contributed by atoms with E-state index in [1.807, 2.05) is 0 Å². The predicted molar refractivity (Wildman–Crippen MR) is 60.3 cm³/mol. The molecule has 0 fully saturated rings. The number of nitrogens with one attached hydrogen (secondary N) is 2. The first-order valence-electron chi connectivity index (χ1n) is 4.59. The normalized spacial score (nSPS) is 20.0. The Balaban J connectivity index is 2.26. The van der Waals surface area contributed by atoms with Gasteiger partial charge in [0, 0.05) is 17.1 Å². The summed E-state index contributed by atoms with van der Waals surface area (Å²) in [5.41, 5.74) is 2.40. The Hall–Kier alpha value is -0.700. The molecule has 13 heavy (non-hydrogen) atoms. The first-order chi connectivity index (χ1) is 6.29. The van der Waals surface area contributed by atoms with E-state index in [2.05, 4.69) is 51.7 Å². The Morgan fingerprint density at radius 3 is 3.08 bits per heavy atom. The molecule has 0 aliphatic carbocycles. The van der Waals surface area contributed by atoms with E-state index >= 15 is 0 Å². The second-order valence-corrected chi connectivity index (χ2v) is 4.24. The Bertz CT molecular complexity index is 312. The van der Waals surface area contributed by atoms with Crippen LogP contribution in [0.5, 0.6) is 0 Å². The van der Waals surface area contributed by atoms with E-state index < -0.39 is 0 Å². The molecule has 1 aliphatic rings. The van der Waals surface area contributed by atoms with E-state index in [0.717, 1.165) is 17.4 Å². The Morgan fingerprint density at radius 2 is 2.31 bits per heavy atom. The van der Waals surface area contributed by atoms with Crippen molar-refractivity contribution in [3.8, 4) is 0 Å². The largest absolute Gasteiger partial charge is 0.381 e. The summed E-state index contributed by atoms with van der Waals surface area (Å²) >= 11 is 3.45. The van der Waals surface area contributed by atoms with Gasteiger partial charge in [0.2, 0.25) is 0 Å². The molecule has 1 heterocycles. The molecule has 0 radical (unpaired) electrons. The van der Waals surface area contributed by atoms with Gasteiger partial charge in [-0.05, 0) is 24.6 Å². The molecule has 3 heteroatoms. The van der Waals surface area contributed by atoms with E-state index in [1.54, 1.807) is 0 Å². The lowest BCUT2D eigenvalue weighted by molar-refractivity contribution is 0.713. The number of hydrogen-bond acceptors (Lipinski definition) is 2. The lowest BCUT2D eigenvalue weighted by atomic mass is 10.1. The summed E-state index contributed by atoms with van der Waals surface area (Å²) < 4.78 is 1.12. The SMILES string of the molecule is CC[C@H]1CNc2cc(Br)ccc2N1. The fourth-order valence-electron chi connectivity index (χ4n) is 1.54. The second kappa shape index (κ2) is 3.58. The fourth-order valence-corrected chi connectivity index (χ4v) is 1.90. The molecule has 1 aromatic rings. The Morgan fingerprint density at radius 1 is 1.46 bits per heavy atom. The van der Waals surface area contributed by atoms with Gasteiger partial charge in [0.15, 0.2) is 0 Å². The molecule has 0 spiro atoms. The maximum Gasteiger partial charge on any atom is 0.0588 e. The molecule has 0 amide bonds. The van der Waals surface area contributed by atoms with Crippen LogP contribution in [0.15, 0.2) is 22.7 Å². The van der Waals surface area contributed by atoms with Crippen molar-refractivity contribution in [3.05, 3.63) is 22.7 Å². The Kier molecular flexibility index (Phi) is 2.44. The van der Waals surface area contributed by atoms with Crippen molar-refractivity contribution < 1.29 is 0 Å². The number of fused-ring (bicyclic) bond motifs is 1. The van der Waals surface area contributed by atoms with Crippen LogP contribution in [0.25, 0.3) is 0 Å². The summed E-state index contributed by atoms with van der Waals surface area (Å²) in [5, 5.41) is 6.90. The minimum absolute atomic E-state index is 0.564. The number of hydrogen-bond donors (Lipinski definition) is 2. The Labute approximate surface area is 86.9 Å². The zero-order chi connectivity index (χ0) is 9.26. The molecule has 0 bridgehead atoms. The van der Waals surface area contributed by atoms with Crippen LogP contribution in [0.3, 0.4) is 0 Å². The van der Waals surface area contributed by atoms with Crippen molar-refractivity contribution in [2.24, 2.45) is 0 Å². The van der Waals surface area contributed by atoms with Crippen LogP contribution >= 0.6 is 15.9 Å². The third-order valence-corrected chi connectivity index (χ3v) is 2.87. The molecule has 2 nitrogen and oxygen atoms in total. The number of rotatable bonds is 1. The number of anilines is 2. The quantitative estimate of drug-likeness (QED) is 0.789. The average molecular weight is 241 g/mol. The first kappa shape index (κ1) is 8.88. The summed E-state index contributed by atoms with van der Waals surface area (Å²) in [7, 11) is 0. The van der Waals surface area contributed by atoms with E-state index in [-0.39, 0.29) is 0 Å². The van der Waals surface area contributed by atoms with Crippen LogP contribution in [0, 0.1) is 0 Å². The third kappa shape index (κ3) is 1.80. The molecule has 2 N–H and O–H groups in total. The van der Waals surface area contributed by atoms with Gasteiger partial charge in [0.05, 0.1) is 11.4 Å². The molecule has 0 aromatic heterocycles. The monoisotopic (exact) mass is 240 g/mol. The van der Waals surface area contributed by atoms with Crippen LogP contribution in [0.2, 0.25) is 0 Å². The lowest BCUT2D eigenvalue weighted by Crippen LogP contribution is -2.32. The highest BCUT2D eigenvalue weighted by Gasteiger charge is 2.14. The van der Waals surface area contributed by atoms with Crippen molar-refractivity contribution in [2.75, 3.05) is 17.2 Å². The van der Waals surface area contributed by atoms with Crippen molar-refractivity contribution in [2.45, 2.75) is 19.4 Å². The van der Waals surface area contributed by atoms with Gasteiger partial charge >= 0.3 is 0 Å². The summed E-state index contributed by atoms with van der Waals surface area (Å²) in [6, 6.07) is 6.84. The van der Waals surface area contributed by atoms with Gasteiger partial charge in [-0.1, -0.05) is 22.9 Å². The molecule has 70 valence electrons. The first-order valence-corrected chi connectivity index (χ1v) is 5.39. The van der Waals surface area contributed by atoms with Crippen molar-refractivity contribution in [1.29, 1.82) is 0 Å². The summed E-state index contributed by atoms with van der Waals surface area (Å²) in [6.45, 7) is 3.21. The third-order valence-electron chi connectivity index (χ3n) is 2.37. The molecular formula is C10H13BrN2. The van der Waals surface area contributed by atoms with E-state index in [9.17, 15) is 0 Å². The lowest BCUT2D eigenvalue weighted by Gasteiger charge is -2.27. The molecule has 0 saturated carbocycles. The van der Waals surface area contributed by atoms with Gasteiger partial charge in [0.1, 0.15) is 0 Å². The molecule has 1 aromatic carbocycles. The standard InChI is InChI=1S/C10H13BrN2/c1-2-8-6-12-10-5-7(11)3-4-9(10)13-8/h3-5,8,12-13H,2,6H2,1H3/t8-/m0/s1. The molecule has 0 unspecified atom stereocenters. The van der Waals surface area contributed by atoms with E-state index in [0.29, 0.717) is 6.04 Å². The van der Waals surface area contributed by atoms with Crippen LogP contribution < -0.4 is 10.6 Å². The number of halogens is 1.